The molecule has 1 heterocycles. The van der Waals surface area contributed by atoms with Gasteiger partial charge in [-0.3, -0.25) is 9.36 Å². The van der Waals surface area contributed by atoms with Crippen LogP contribution in [0.15, 0.2) is 29.1 Å². The molecule has 0 saturated carbocycles. The Labute approximate surface area is 141 Å². The van der Waals surface area contributed by atoms with E-state index in [4.69, 9.17) is 4.74 Å². The van der Waals surface area contributed by atoms with Crippen LogP contribution in [-0.2, 0) is 6.54 Å². The fourth-order valence-electron chi connectivity index (χ4n) is 2.67. The summed E-state index contributed by atoms with van der Waals surface area (Å²) in [4.78, 5) is 24.8. The average Bonchev–Trinajstić information content (AvgIpc) is 2.50. The van der Waals surface area contributed by atoms with Crippen molar-refractivity contribution in [3.63, 3.8) is 0 Å². The highest BCUT2D eigenvalue weighted by Gasteiger charge is 2.25. The van der Waals surface area contributed by atoms with Gasteiger partial charge in [-0.25, -0.2) is 4.79 Å². The molecule has 5 nitrogen and oxygen atoms in total. The highest BCUT2D eigenvalue weighted by Crippen LogP contribution is 2.30. The van der Waals surface area contributed by atoms with Crippen LogP contribution in [0.25, 0.3) is 10.8 Å². The zero-order valence-corrected chi connectivity index (χ0v) is 14.8. The third-order valence-electron chi connectivity index (χ3n) is 3.71. The highest BCUT2D eigenvalue weighted by molar-refractivity contribution is 5.98. The van der Waals surface area contributed by atoms with Crippen LogP contribution in [0.2, 0.25) is 0 Å². The van der Waals surface area contributed by atoms with Gasteiger partial charge in [-0.15, -0.1) is 0 Å². The zero-order chi connectivity index (χ0) is 17.9. The molecular weight excluding hydrogens is 306 g/mol. The molecule has 2 rings (SSSR count). The largest absolute Gasteiger partial charge is 0.490 e. The number of carboxylic acids is 1. The minimum absolute atomic E-state index is 0.0651. The summed E-state index contributed by atoms with van der Waals surface area (Å²) in [5.41, 5.74) is -0.595. The fourth-order valence-corrected chi connectivity index (χ4v) is 2.67. The molecule has 0 bridgehead atoms. The smallest absolute Gasteiger partial charge is 0.356 e. The summed E-state index contributed by atoms with van der Waals surface area (Å²) in [7, 11) is 0. The van der Waals surface area contributed by atoms with Crippen LogP contribution in [0.3, 0.4) is 0 Å². The maximum atomic E-state index is 12.9. The number of carbonyl (C=O) groups is 1. The molecule has 0 aliphatic carbocycles. The number of pyridine rings is 1. The lowest BCUT2D eigenvalue weighted by Gasteiger charge is -2.23. The Morgan fingerprint density at radius 1 is 1.21 bits per heavy atom. The van der Waals surface area contributed by atoms with Crippen molar-refractivity contribution in [2.75, 3.05) is 6.61 Å². The van der Waals surface area contributed by atoms with E-state index < -0.39 is 5.97 Å². The number of nitrogens with zero attached hydrogens (tertiary/aromatic N) is 1. The lowest BCUT2D eigenvalue weighted by Crippen LogP contribution is -2.32. The van der Waals surface area contributed by atoms with E-state index in [-0.39, 0.29) is 22.4 Å². The number of unbranched alkanes of at least 4 members (excludes halogenated alkanes) is 1. The Morgan fingerprint density at radius 3 is 2.38 bits per heavy atom. The topological polar surface area (TPSA) is 68.5 Å². The van der Waals surface area contributed by atoms with Gasteiger partial charge in [0.1, 0.15) is 0 Å². The standard InChI is InChI=1S/C19H25NO4/c1-5-6-11-24-16-13-9-7-8-10-14(13)17(21)20(12-19(2,3)4)15(16)18(22)23/h7-10H,5-6,11-12H2,1-4H3,(H,22,23). The molecule has 1 aromatic carbocycles. The van der Waals surface area contributed by atoms with E-state index in [1.54, 1.807) is 24.3 Å². The van der Waals surface area contributed by atoms with E-state index in [2.05, 4.69) is 0 Å². The average molecular weight is 331 g/mol. The van der Waals surface area contributed by atoms with Gasteiger partial charge in [0.25, 0.3) is 5.56 Å². The van der Waals surface area contributed by atoms with Crippen LogP contribution in [-0.4, -0.2) is 22.2 Å². The Balaban J connectivity index is 2.78. The van der Waals surface area contributed by atoms with Crippen LogP contribution in [0.5, 0.6) is 5.75 Å². The molecule has 24 heavy (non-hydrogen) atoms. The third-order valence-corrected chi connectivity index (χ3v) is 3.71. The first-order chi connectivity index (χ1) is 11.3. The maximum Gasteiger partial charge on any atom is 0.356 e. The quantitative estimate of drug-likeness (QED) is 0.815. The van der Waals surface area contributed by atoms with Crippen molar-refractivity contribution in [2.24, 2.45) is 5.41 Å². The van der Waals surface area contributed by atoms with Crippen molar-refractivity contribution < 1.29 is 14.6 Å². The van der Waals surface area contributed by atoms with Crippen molar-refractivity contribution >= 4 is 16.7 Å². The normalized spacial score (nSPS) is 11.7. The summed E-state index contributed by atoms with van der Waals surface area (Å²) in [5.74, 6) is -0.857. The Morgan fingerprint density at radius 2 is 1.83 bits per heavy atom. The van der Waals surface area contributed by atoms with Crippen LogP contribution in [0.1, 0.15) is 51.0 Å². The second kappa shape index (κ2) is 7.07. The van der Waals surface area contributed by atoms with Crippen LogP contribution < -0.4 is 10.3 Å². The number of fused-ring (bicyclic) bond motifs is 1. The first-order valence-electron chi connectivity index (χ1n) is 8.28. The van der Waals surface area contributed by atoms with Gasteiger partial charge < -0.3 is 9.84 Å². The number of aromatic nitrogens is 1. The van der Waals surface area contributed by atoms with Gasteiger partial charge in [0.2, 0.25) is 0 Å². The minimum Gasteiger partial charge on any atom is -0.490 e. The van der Waals surface area contributed by atoms with E-state index in [1.165, 1.54) is 4.57 Å². The maximum absolute atomic E-state index is 12.9. The first-order valence-corrected chi connectivity index (χ1v) is 8.28. The second-order valence-corrected chi connectivity index (χ2v) is 7.18. The molecule has 0 amide bonds. The molecule has 0 saturated heterocycles. The number of rotatable bonds is 6. The van der Waals surface area contributed by atoms with Gasteiger partial charge in [0.05, 0.1) is 12.0 Å². The summed E-state index contributed by atoms with van der Waals surface area (Å²) < 4.78 is 7.16. The molecule has 0 aliphatic rings. The van der Waals surface area contributed by atoms with Crippen LogP contribution in [0.4, 0.5) is 0 Å². The number of benzene rings is 1. The van der Waals surface area contributed by atoms with Crippen molar-refractivity contribution in [1.29, 1.82) is 0 Å². The van der Waals surface area contributed by atoms with Crippen molar-refractivity contribution in [3.8, 4) is 5.75 Å². The lowest BCUT2D eigenvalue weighted by atomic mass is 9.96. The molecule has 1 N–H and O–H groups in total. The predicted molar refractivity (Wildman–Crippen MR) is 95.0 cm³/mol. The van der Waals surface area contributed by atoms with E-state index in [1.807, 2.05) is 27.7 Å². The van der Waals surface area contributed by atoms with Crippen molar-refractivity contribution in [1.82, 2.24) is 4.57 Å². The predicted octanol–water partition coefficient (Wildman–Crippen LogP) is 3.92. The molecule has 0 spiro atoms. The summed E-state index contributed by atoms with van der Waals surface area (Å²) in [6.07, 6.45) is 1.77. The highest BCUT2D eigenvalue weighted by atomic mass is 16.5. The van der Waals surface area contributed by atoms with E-state index in [0.29, 0.717) is 23.9 Å². The third kappa shape index (κ3) is 3.78. The second-order valence-electron chi connectivity index (χ2n) is 7.18. The summed E-state index contributed by atoms with van der Waals surface area (Å²) in [5, 5.41) is 10.8. The van der Waals surface area contributed by atoms with Crippen molar-refractivity contribution in [2.45, 2.75) is 47.1 Å². The number of ether oxygens (including phenoxy) is 1. The summed E-state index contributed by atoms with van der Waals surface area (Å²) in [6, 6.07) is 7.02. The molecule has 0 aliphatic heterocycles. The van der Waals surface area contributed by atoms with Gasteiger partial charge in [-0.2, -0.15) is 0 Å². The number of aromatic carboxylic acids is 1. The number of carboxylic acid groups (broad SMARTS) is 1. The zero-order valence-electron chi connectivity index (χ0n) is 14.8. The Kier molecular flexibility index (Phi) is 5.32. The minimum atomic E-state index is -1.14. The molecule has 0 radical (unpaired) electrons. The van der Waals surface area contributed by atoms with Gasteiger partial charge in [0.15, 0.2) is 11.4 Å². The van der Waals surface area contributed by atoms with E-state index >= 15 is 0 Å². The molecule has 1 aromatic heterocycles. The van der Waals surface area contributed by atoms with Gasteiger partial charge in [-0.05, 0) is 17.9 Å². The lowest BCUT2D eigenvalue weighted by molar-refractivity contribution is 0.0675. The Bertz CT molecular complexity index is 799. The molecular formula is C19H25NO4. The molecule has 0 unspecified atom stereocenters. The monoisotopic (exact) mass is 331 g/mol. The van der Waals surface area contributed by atoms with Crippen LogP contribution in [0, 0.1) is 5.41 Å². The van der Waals surface area contributed by atoms with Gasteiger partial charge in [-0.1, -0.05) is 52.3 Å². The van der Waals surface area contributed by atoms with Crippen molar-refractivity contribution in [3.05, 3.63) is 40.3 Å². The molecule has 130 valence electrons. The fraction of sp³-hybridized carbons (Fsp3) is 0.474. The Hall–Kier alpha value is -2.30. The summed E-state index contributed by atoms with van der Waals surface area (Å²) >= 11 is 0. The van der Waals surface area contributed by atoms with E-state index in [9.17, 15) is 14.7 Å². The first kappa shape index (κ1) is 18.0. The molecule has 0 atom stereocenters. The van der Waals surface area contributed by atoms with Gasteiger partial charge in [0, 0.05) is 11.9 Å². The molecule has 5 heteroatoms. The van der Waals surface area contributed by atoms with E-state index in [0.717, 1.165) is 12.8 Å². The summed E-state index contributed by atoms with van der Waals surface area (Å²) in [6.45, 7) is 8.69. The molecule has 0 fully saturated rings. The molecule has 2 aromatic rings. The number of hydrogen-bond donors (Lipinski definition) is 1. The number of hydrogen-bond acceptors (Lipinski definition) is 3. The SMILES string of the molecule is CCCCOc1c(C(=O)O)n(CC(C)(C)C)c(=O)c2ccccc12. The van der Waals surface area contributed by atoms with Gasteiger partial charge >= 0.3 is 5.97 Å². The van der Waals surface area contributed by atoms with Crippen LogP contribution >= 0.6 is 0 Å².